The highest BCUT2D eigenvalue weighted by Crippen LogP contribution is 2.40. The largest absolute Gasteiger partial charge is 0.458 e. The fourth-order valence-electron chi connectivity index (χ4n) is 7.62. The van der Waals surface area contributed by atoms with Crippen LogP contribution in [0.15, 0.2) is 170 Å². The van der Waals surface area contributed by atoms with Gasteiger partial charge in [0.25, 0.3) is 6.71 Å². The van der Waals surface area contributed by atoms with E-state index in [0.717, 1.165) is 30.0 Å². The number of fused-ring (bicyclic) bond motifs is 4. The Morgan fingerprint density at radius 3 is 1.70 bits per heavy atom. The minimum atomic E-state index is 0.110. The third kappa shape index (κ3) is 4.75. The minimum absolute atomic E-state index is 0.110. The molecule has 0 N–H and O–H groups in total. The molecule has 2 heterocycles. The Labute approximate surface area is 276 Å². The molecule has 7 aromatic carbocycles. The first-order valence-corrected chi connectivity index (χ1v) is 16.4. The van der Waals surface area contributed by atoms with Crippen molar-refractivity contribution in [2.75, 3.05) is 11.4 Å². The van der Waals surface area contributed by atoms with Crippen molar-refractivity contribution in [2.45, 2.75) is 6.42 Å². The minimum Gasteiger partial charge on any atom is -0.458 e. The first kappa shape index (κ1) is 27.5. The van der Waals surface area contributed by atoms with Crippen LogP contribution < -0.4 is 26.0 Å². The molecule has 0 saturated heterocycles. The van der Waals surface area contributed by atoms with Gasteiger partial charge in [-0.1, -0.05) is 146 Å². The SMILES string of the molecule is c1ccc(-c2cc3c4c(c2)N(CCc2c(-c5ccccc5)cccc2-c2ccccc2)c2ccccc2B4c2ccccc2O3)cc1. The van der Waals surface area contributed by atoms with E-state index < -0.39 is 0 Å². The molecule has 0 spiro atoms. The van der Waals surface area contributed by atoms with Crippen LogP contribution in [0.4, 0.5) is 11.4 Å². The van der Waals surface area contributed by atoms with Crippen LogP contribution in [-0.4, -0.2) is 13.3 Å². The summed E-state index contributed by atoms with van der Waals surface area (Å²) in [6.45, 7) is 0.929. The number of benzene rings is 7. The molecule has 0 unspecified atom stereocenters. The molecule has 0 aliphatic carbocycles. The molecule has 2 aliphatic heterocycles. The van der Waals surface area contributed by atoms with Crippen molar-refractivity contribution >= 4 is 34.5 Å². The summed E-state index contributed by atoms with van der Waals surface area (Å²) in [5.74, 6) is 1.88. The van der Waals surface area contributed by atoms with Gasteiger partial charge < -0.3 is 9.64 Å². The molecule has 3 heteroatoms. The van der Waals surface area contributed by atoms with Crippen LogP contribution in [0.2, 0.25) is 0 Å². The summed E-state index contributed by atoms with van der Waals surface area (Å²) in [7, 11) is 0. The summed E-state index contributed by atoms with van der Waals surface area (Å²) in [4.78, 5) is 2.55. The average Bonchev–Trinajstić information content (AvgIpc) is 3.15. The second kappa shape index (κ2) is 11.5. The molecule has 0 radical (unpaired) electrons. The Morgan fingerprint density at radius 2 is 1.02 bits per heavy atom. The average molecular weight is 602 g/mol. The Bertz CT molecular complexity index is 2170. The van der Waals surface area contributed by atoms with Gasteiger partial charge in [-0.3, -0.25) is 0 Å². The fourth-order valence-corrected chi connectivity index (χ4v) is 7.62. The second-order valence-corrected chi connectivity index (χ2v) is 12.4. The Hall–Kier alpha value is -5.80. The topological polar surface area (TPSA) is 12.5 Å². The third-order valence-electron chi connectivity index (χ3n) is 9.73. The highest BCUT2D eigenvalue weighted by molar-refractivity contribution is 6.99. The Kier molecular flexibility index (Phi) is 6.75. The number of para-hydroxylation sites is 2. The summed E-state index contributed by atoms with van der Waals surface area (Å²) in [6, 6.07) is 61.2. The van der Waals surface area contributed by atoms with Crippen LogP contribution in [0.3, 0.4) is 0 Å². The van der Waals surface area contributed by atoms with Crippen LogP contribution in [0.25, 0.3) is 33.4 Å². The lowest BCUT2D eigenvalue weighted by Crippen LogP contribution is -2.60. The first-order chi connectivity index (χ1) is 23.3. The summed E-state index contributed by atoms with van der Waals surface area (Å²) >= 11 is 0. The molecule has 0 atom stereocenters. The zero-order valence-electron chi connectivity index (χ0n) is 26.0. The van der Waals surface area contributed by atoms with E-state index in [1.54, 1.807) is 0 Å². The zero-order valence-corrected chi connectivity index (χ0v) is 26.0. The fraction of sp³-hybridized carbons (Fsp3) is 0.0455. The van der Waals surface area contributed by atoms with E-state index in [2.05, 4.69) is 175 Å². The quantitative estimate of drug-likeness (QED) is 0.177. The van der Waals surface area contributed by atoms with Crippen molar-refractivity contribution in [3.05, 3.63) is 175 Å². The predicted octanol–water partition coefficient (Wildman–Crippen LogP) is 9.00. The van der Waals surface area contributed by atoms with E-state index in [0.29, 0.717) is 0 Å². The van der Waals surface area contributed by atoms with Crippen molar-refractivity contribution in [3.8, 4) is 44.9 Å². The van der Waals surface area contributed by atoms with E-state index in [1.165, 1.54) is 61.1 Å². The Morgan fingerprint density at radius 1 is 0.447 bits per heavy atom. The second-order valence-electron chi connectivity index (χ2n) is 12.4. The molecule has 7 aromatic rings. The number of anilines is 2. The van der Waals surface area contributed by atoms with E-state index in [-0.39, 0.29) is 6.71 Å². The van der Waals surface area contributed by atoms with Crippen molar-refractivity contribution in [1.82, 2.24) is 0 Å². The highest BCUT2D eigenvalue weighted by atomic mass is 16.5. The highest BCUT2D eigenvalue weighted by Gasteiger charge is 2.41. The van der Waals surface area contributed by atoms with Crippen molar-refractivity contribution < 1.29 is 4.74 Å². The number of nitrogens with zero attached hydrogens (tertiary/aromatic N) is 1. The van der Waals surface area contributed by atoms with Gasteiger partial charge in [0.05, 0.1) is 0 Å². The lowest BCUT2D eigenvalue weighted by atomic mass is 9.34. The molecule has 0 aromatic heterocycles. The number of rotatable bonds is 6. The van der Waals surface area contributed by atoms with Crippen molar-refractivity contribution in [2.24, 2.45) is 0 Å². The van der Waals surface area contributed by atoms with Gasteiger partial charge in [-0.15, -0.1) is 0 Å². The molecule has 2 nitrogen and oxygen atoms in total. The van der Waals surface area contributed by atoms with Gasteiger partial charge in [0.2, 0.25) is 0 Å². The monoisotopic (exact) mass is 601 g/mol. The molecule has 0 amide bonds. The number of ether oxygens (including phenoxy) is 1. The van der Waals surface area contributed by atoms with E-state index in [1.807, 2.05) is 0 Å². The standard InChI is InChI=1S/C44H32BNO/c1-4-15-31(16-5-1)34-29-41-44-43(30-34)47-42-26-13-11-24-39(42)45(44)38-23-10-12-25-40(38)46(41)28-27-37-35(32-17-6-2-7-18-32)21-14-22-36(37)33-19-8-3-9-20-33/h1-26,29-30H,27-28H2. The van der Waals surface area contributed by atoms with Gasteiger partial charge in [-0.25, -0.2) is 0 Å². The Balaban J connectivity index is 1.22. The molecule has 0 saturated carbocycles. The molecular weight excluding hydrogens is 569 g/mol. The lowest BCUT2D eigenvalue weighted by Gasteiger charge is -2.40. The maximum Gasteiger partial charge on any atom is 0.256 e. The van der Waals surface area contributed by atoms with Gasteiger partial charge in [-0.2, -0.15) is 0 Å². The maximum atomic E-state index is 6.74. The third-order valence-corrected chi connectivity index (χ3v) is 9.73. The van der Waals surface area contributed by atoms with Crippen LogP contribution in [0.5, 0.6) is 11.5 Å². The molecule has 47 heavy (non-hydrogen) atoms. The summed E-state index contributed by atoms with van der Waals surface area (Å²) in [5.41, 5.74) is 15.0. The molecule has 2 aliphatic rings. The maximum absolute atomic E-state index is 6.74. The van der Waals surface area contributed by atoms with Gasteiger partial charge in [0, 0.05) is 17.9 Å². The zero-order chi connectivity index (χ0) is 31.2. The molecular formula is C44H32BNO. The summed E-state index contributed by atoms with van der Waals surface area (Å²) in [5, 5.41) is 0. The number of hydrogen-bond acceptors (Lipinski definition) is 2. The van der Waals surface area contributed by atoms with E-state index >= 15 is 0 Å². The smallest absolute Gasteiger partial charge is 0.256 e. The van der Waals surface area contributed by atoms with Gasteiger partial charge >= 0.3 is 0 Å². The molecule has 0 bridgehead atoms. The predicted molar refractivity (Wildman–Crippen MR) is 198 cm³/mol. The van der Waals surface area contributed by atoms with Crippen molar-refractivity contribution in [1.29, 1.82) is 0 Å². The summed E-state index contributed by atoms with van der Waals surface area (Å²) < 4.78 is 6.74. The molecule has 0 fully saturated rings. The summed E-state index contributed by atoms with van der Waals surface area (Å²) in [6.07, 6.45) is 0.871. The van der Waals surface area contributed by atoms with Crippen LogP contribution in [0.1, 0.15) is 5.56 Å². The number of hydrogen-bond donors (Lipinski definition) is 0. The van der Waals surface area contributed by atoms with Gasteiger partial charge in [0.1, 0.15) is 11.5 Å². The van der Waals surface area contributed by atoms with Crippen LogP contribution >= 0.6 is 0 Å². The van der Waals surface area contributed by atoms with E-state index in [9.17, 15) is 0 Å². The van der Waals surface area contributed by atoms with Gasteiger partial charge in [-0.05, 0) is 86.0 Å². The molecule has 222 valence electrons. The lowest BCUT2D eigenvalue weighted by molar-refractivity contribution is 0.487. The normalized spacial score (nSPS) is 12.5. The van der Waals surface area contributed by atoms with Crippen LogP contribution in [-0.2, 0) is 6.42 Å². The first-order valence-electron chi connectivity index (χ1n) is 16.4. The van der Waals surface area contributed by atoms with Crippen LogP contribution in [0, 0.1) is 0 Å². The molecule has 9 rings (SSSR count). The van der Waals surface area contributed by atoms with Gasteiger partial charge in [0.15, 0.2) is 0 Å². The van der Waals surface area contributed by atoms with Crippen molar-refractivity contribution in [3.63, 3.8) is 0 Å². The van der Waals surface area contributed by atoms with E-state index in [4.69, 9.17) is 4.74 Å².